The highest BCUT2D eigenvalue weighted by molar-refractivity contribution is 5.63. The molecule has 0 saturated heterocycles. The normalized spacial score (nSPS) is 12.3. The molecule has 1 unspecified atom stereocenters. The summed E-state index contributed by atoms with van der Waals surface area (Å²) in [5, 5.41) is 4.36. The van der Waals surface area contributed by atoms with Crippen LogP contribution in [0.1, 0.15) is 17.3 Å². The van der Waals surface area contributed by atoms with Gasteiger partial charge in [-0.2, -0.15) is 5.10 Å². The fourth-order valence-corrected chi connectivity index (χ4v) is 2.28. The molecular formula is C17H17N3. The highest BCUT2D eigenvalue weighted by Crippen LogP contribution is 2.23. The number of hydrogen-bond donors (Lipinski definition) is 1. The standard InChI is InChI=1S/C17H17N3/c1-20-12-11-16(19-20)17(18)15-9-7-14(8-10-15)13-5-3-2-4-6-13/h2-12,17H,18H2,1H3. The zero-order valence-corrected chi connectivity index (χ0v) is 11.4. The molecule has 3 rings (SSSR count). The van der Waals surface area contributed by atoms with Gasteiger partial charge in [-0.3, -0.25) is 4.68 Å². The third kappa shape index (κ3) is 2.49. The lowest BCUT2D eigenvalue weighted by atomic mass is 10.00. The molecular weight excluding hydrogens is 246 g/mol. The van der Waals surface area contributed by atoms with Crippen molar-refractivity contribution in [2.45, 2.75) is 6.04 Å². The number of benzene rings is 2. The maximum Gasteiger partial charge on any atom is 0.0837 e. The van der Waals surface area contributed by atoms with Crippen molar-refractivity contribution in [1.29, 1.82) is 0 Å². The van der Waals surface area contributed by atoms with Crippen LogP contribution in [0.4, 0.5) is 0 Å². The third-order valence-electron chi connectivity index (χ3n) is 3.43. The number of hydrogen-bond acceptors (Lipinski definition) is 2. The van der Waals surface area contributed by atoms with Crippen LogP contribution in [0, 0.1) is 0 Å². The van der Waals surface area contributed by atoms with Crippen molar-refractivity contribution >= 4 is 0 Å². The lowest BCUT2D eigenvalue weighted by Gasteiger charge is -2.10. The van der Waals surface area contributed by atoms with E-state index in [0.717, 1.165) is 11.3 Å². The van der Waals surface area contributed by atoms with E-state index in [9.17, 15) is 0 Å². The Hall–Kier alpha value is -2.39. The molecule has 0 aliphatic rings. The van der Waals surface area contributed by atoms with Crippen LogP contribution in [0.2, 0.25) is 0 Å². The molecule has 2 N–H and O–H groups in total. The van der Waals surface area contributed by atoms with Crippen LogP contribution in [-0.2, 0) is 7.05 Å². The number of nitrogens with zero attached hydrogens (tertiary/aromatic N) is 2. The Morgan fingerprint density at radius 1 is 0.900 bits per heavy atom. The van der Waals surface area contributed by atoms with Crippen LogP contribution in [0.5, 0.6) is 0 Å². The summed E-state index contributed by atoms with van der Waals surface area (Å²) in [5.41, 5.74) is 10.6. The zero-order chi connectivity index (χ0) is 13.9. The molecule has 0 saturated carbocycles. The molecule has 100 valence electrons. The fraction of sp³-hybridized carbons (Fsp3) is 0.118. The van der Waals surface area contributed by atoms with Crippen molar-refractivity contribution in [2.24, 2.45) is 12.8 Å². The minimum absolute atomic E-state index is 0.180. The van der Waals surface area contributed by atoms with Crippen molar-refractivity contribution in [3.8, 4) is 11.1 Å². The zero-order valence-electron chi connectivity index (χ0n) is 11.4. The topological polar surface area (TPSA) is 43.8 Å². The number of rotatable bonds is 3. The highest BCUT2D eigenvalue weighted by atomic mass is 15.3. The molecule has 0 spiro atoms. The summed E-state index contributed by atoms with van der Waals surface area (Å²) < 4.78 is 1.77. The summed E-state index contributed by atoms with van der Waals surface area (Å²) >= 11 is 0. The lowest BCUT2D eigenvalue weighted by molar-refractivity contribution is 0.716. The fourth-order valence-electron chi connectivity index (χ4n) is 2.28. The molecule has 1 atom stereocenters. The van der Waals surface area contributed by atoms with Crippen LogP contribution in [0.3, 0.4) is 0 Å². The lowest BCUT2D eigenvalue weighted by Crippen LogP contribution is -2.12. The molecule has 3 nitrogen and oxygen atoms in total. The molecule has 1 aromatic heterocycles. The largest absolute Gasteiger partial charge is 0.319 e. The minimum atomic E-state index is -0.180. The summed E-state index contributed by atoms with van der Waals surface area (Å²) in [6.45, 7) is 0. The first-order valence-electron chi connectivity index (χ1n) is 6.64. The molecule has 0 radical (unpaired) electrons. The van der Waals surface area contributed by atoms with Crippen molar-refractivity contribution < 1.29 is 0 Å². The van der Waals surface area contributed by atoms with Gasteiger partial charge in [0, 0.05) is 13.2 Å². The van der Waals surface area contributed by atoms with E-state index < -0.39 is 0 Å². The van der Waals surface area contributed by atoms with Crippen LogP contribution in [0.25, 0.3) is 11.1 Å². The molecule has 0 fully saturated rings. The van der Waals surface area contributed by atoms with Gasteiger partial charge in [-0.05, 0) is 22.8 Å². The van der Waals surface area contributed by atoms with E-state index in [1.165, 1.54) is 11.1 Å². The van der Waals surface area contributed by atoms with Crippen LogP contribution in [-0.4, -0.2) is 9.78 Å². The van der Waals surface area contributed by atoms with Gasteiger partial charge in [0.1, 0.15) is 0 Å². The molecule has 1 heterocycles. The first-order valence-corrected chi connectivity index (χ1v) is 6.64. The van der Waals surface area contributed by atoms with Crippen LogP contribution < -0.4 is 5.73 Å². The van der Waals surface area contributed by atoms with Crippen LogP contribution in [0.15, 0.2) is 66.9 Å². The van der Waals surface area contributed by atoms with Gasteiger partial charge in [-0.1, -0.05) is 54.6 Å². The van der Waals surface area contributed by atoms with Gasteiger partial charge in [-0.15, -0.1) is 0 Å². The molecule has 2 aromatic carbocycles. The van der Waals surface area contributed by atoms with E-state index in [1.54, 1.807) is 4.68 Å². The molecule has 3 heteroatoms. The highest BCUT2D eigenvalue weighted by Gasteiger charge is 2.11. The molecule has 3 aromatic rings. The molecule has 0 amide bonds. The predicted octanol–water partition coefficient (Wildman–Crippen LogP) is 3.14. The average Bonchev–Trinajstić information content (AvgIpc) is 2.94. The Bertz CT molecular complexity index is 684. The van der Waals surface area contributed by atoms with Gasteiger partial charge in [0.05, 0.1) is 11.7 Å². The van der Waals surface area contributed by atoms with E-state index in [0.29, 0.717) is 0 Å². The maximum atomic E-state index is 6.24. The molecule has 0 bridgehead atoms. The van der Waals surface area contributed by atoms with E-state index >= 15 is 0 Å². The molecule has 0 aliphatic heterocycles. The second-order valence-corrected chi connectivity index (χ2v) is 4.88. The summed E-state index contributed by atoms with van der Waals surface area (Å²) in [4.78, 5) is 0. The Morgan fingerprint density at radius 2 is 1.55 bits per heavy atom. The van der Waals surface area contributed by atoms with Gasteiger partial charge in [0.25, 0.3) is 0 Å². The smallest absolute Gasteiger partial charge is 0.0837 e. The van der Waals surface area contributed by atoms with E-state index in [-0.39, 0.29) is 6.04 Å². The Balaban J connectivity index is 1.86. The second-order valence-electron chi connectivity index (χ2n) is 4.88. The number of aryl methyl sites for hydroxylation is 1. The second kappa shape index (κ2) is 5.31. The summed E-state index contributed by atoms with van der Waals surface area (Å²) in [5.74, 6) is 0. The Morgan fingerprint density at radius 3 is 2.15 bits per heavy atom. The van der Waals surface area contributed by atoms with E-state index in [1.807, 2.05) is 37.5 Å². The first kappa shape index (κ1) is 12.6. The molecule has 20 heavy (non-hydrogen) atoms. The van der Waals surface area contributed by atoms with E-state index in [2.05, 4.69) is 41.5 Å². The van der Waals surface area contributed by atoms with Gasteiger partial charge in [0.2, 0.25) is 0 Å². The summed E-state index contributed by atoms with van der Waals surface area (Å²) in [6, 6.07) is 20.4. The van der Waals surface area contributed by atoms with Crippen molar-refractivity contribution in [1.82, 2.24) is 9.78 Å². The van der Waals surface area contributed by atoms with Crippen molar-refractivity contribution in [2.75, 3.05) is 0 Å². The average molecular weight is 263 g/mol. The Kier molecular flexibility index (Phi) is 3.35. The maximum absolute atomic E-state index is 6.24. The van der Waals surface area contributed by atoms with Crippen molar-refractivity contribution in [3.63, 3.8) is 0 Å². The van der Waals surface area contributed by atoms with Gasteiger partial charge in [-0.25, -0.2) is 0 Å². The van der Waals surface area contributed by atoms with Gasteiger partial charge < -0.3 is 5.73 Å². The minimum Gasteiger partial charge on any atom is -0.319 e. The number of nitrogens with two attached hydrogens (primary N) is 1. The monoisotopic (exact) mass is 263 g/mol. The van der Waals surface area contributed by atoms with E-state index in [4.69, 9.17) is 5.73 Å². The van der Waals surface area contributed by atoms with Gasteiger partial charge >= 0.3 is 0 Å². The van der Waals surface area contributed by atoms with Crippen LogP contribution >= 0.6 is 0 Å². The first-order chi connectivity index (χ1) is 9.74. The summed E-state index contributed by atoms with van der Waals surface area (Å²) in [6.07, 6.45) is 1.91. The summed E-state index contributed by atoms with van der Waals surface area (Å²) in [7, 11) is 1.90. The third-order valence-corrected chi connectivity index (χ3v) is 3.43. The quantitative estimate of drug-likeness (QED) is 0.789. The Labute approximate surface area is 118 Å². The van der Waals surface area contributed by atoms with Gasteiger partial charge in [0.15, 0.2) is 0 Å². The molecule has 0 aliphatic carbocycles. The predicted molar refractivity (Wildman–Crippen MR) is 81.1 cm³/mol. The number of aromatic nitrogens is 2. The SMILES string of the molecule is Cn1ccc(C(N)c2ccc(-c3ccccc3)cc2)n1. The van der Waals surface area contributed by atoms with Crippen molar-refractivity contribution in [3.05, 3.63) is 78.1 Å².